The molecule has 15 heteroatoms. The minimum absolute atomic E-state index is 0.388. The van der Waals surface area contributed by atoms with Crippen LogP contribution in [0.25, 0.3) is 0 Å². The first-order chi connectivity index (χ1) is 15.1. The second-order valence-electron chi connectivity index (χ2n) is 7.89. The van der Waals surface area contributed by atoms with Gasteiger partial charge in [-0.15, -0.1) is 0 Å². The van der Waals surface area contributed by atoms with Crippen molar-refractivity contribution in [1.82, 2.24) is 0 Å². The second kappa shape index (κ2) is 10.8. The van der Waals surface area contributed by atoms with Gasteiger partial charge in [-0.25, -0.2) is 0 Å². The average molecular weight is 474 g/mol. The molecule has 10 N–H and O–H groups in total. The number of hydrogen-bond donors (Lipinski definition) is 10. The third-order valence-corrected chi connectivity index (χ3v) is 5.70. The van der Waals surface area contributed by atoms with Crippen molar-refractivity contribution in [1.29, 1.82) is 0 Å². The van der Waals surface area contributed by atoms with Crippen molar-refractivity contribution in [2.24, 2.45) is 0 Å². The van der Waals surface area contributed by atoms with Crippen LogP contribution in [-0.2, 0) is 23.7 Å². The van der Waals surface area contributed by atoms with E-state index < -0.39 is 99.2 Å². The quantitative estimate of drug-likeness (QED) is 0.172. The largest absolute Gasteiger partial charge is 0.394 e. The fourth-order valence-corrected chi connectivity index (χ4v) is 3.77. The van der Waals surface area contributed by atoms with Gasteiger partial charge in [0, 0.05) is 0 Å². The first kappa shape index (κ1) is 26.0. The maximum absolute atomic E-state index is 10.5. The van der Waals surface area contributed by atoms with E-state index in [4.69, 9.17) is 23.7 Å². The highest BCUT2D eigenvalue weighted by molar-refractivity contribution is 4.95. The molecule has 0 saturated carbocycles. The Balaban J connectivity index is 1.70. The molecule has 0 radical (unpaired) electrons. The molecular weight excluding hydrogens is 444 g/mol. The van der Waals surface area contributed by atoms with E-state index in [1.807, 2.05) is 0 Å². The van der Waals surface area contributed by atoms with Crippen LogP contribution >= 0.6 is 0 Å². The fourth-order valence-electron chi connectivity index (χ4n) is 3.77. The first-order valence-electron chi connectivity index (χ1n) is 10.00. The summed E-state index contributed by atoms with van der Waals surface area (Å²) in [7, 11) is 0. The van der Waals surface area contributed by atoms with Crippen molar-refractivity contribution < 1.29 is 74.7 Å². The Morgan fingerprint density at radius 1 is 0.594 bits per heavy atom. The van der Waals surface area contributed by atoms with Crippen LogP contribution in [0.2, 0.25) is 0 Å². The maximum Gasteiger partial charge on any atom is 0.187 e. The minimum Gasteiger partial charge on any atom is -0.394 e. The first-order valence-corrected chi connectivity index (χ1v) is 10.00. The van der Waals surface area contributed by atoms with Crippen LogP contribution in [0.1, 0.15) is 0 Å². The molecule has 3 saturated heterocycles. The molecular formula is C17H30O15. The minimum atomic E-state index is -1.85. The number of hydrogen-bond acceptors (Lipinski definition) is 15. The molecule has 14 atom stereocenters. The standard InChI is InChI=1S/C17H30O15/c18-1-5-7(21)8(22)10(24)16(29-5)32-14-6(2-19)30-17(11(25)9(14)23)31-13-4(20)3-28-15(27)12(13)26/h4-27H,1-3H2/t4-,5-,6-,7+,8+,9-,10-,11-,12+,13-,14+,15-,16-,17+/m1/s1. The molecule has 3 rings (SSSR count). The van der Waals surface area contributed by atoms with Gasteiger partial charge in [0.25, 0.3) is 0 Å². The molecule has 0 aromatic rings. The van der Waals surface area contributed by atoms with Crippen molar-refractivity contribution in [3.63, 3.8) is 0 Å². The Hall–Kier alpha value is -0.600. The molecule has 0 aromatic heterocycles. The number of aliphatic hydroxyl groups is 10. The molecule has 0 unspecified atom stereocenters. The van der Waals surface area contributed by atoms with Crippen LogP contribution < -0.4 is 0 Å². The Morgan fingerprint density at radius 2 is 1.12 bits per heavy atom. The highest BCUT2D eigenvalue weighted by Gasteiger charge is 2.52. The van der Waals surface area contributed by atoms with Gasteiger partial charge in [-0.3, -0.25) is 0 Å². The van der Waals surface area contributed by atoms with Crippen molar-refractivity contribution in [3.05, 3.63) is 0 Å². The van der Waals surface area contributed by atoms with E-state index in [-0.39, 0.29) is 6.61 Å². The summed E-state index contributed by atoms with van der Waals surface area (Å²) in [6, 6.07) is 0. The van der Waals surface area contributed by atoms with E-state index in [1.54, 1.807) is 0 Å². The summed E-state index contributed by atoms with van der Waals surface area (Å²) < 4.78 is 26.1. The van der Waals surface area contributed by atoms with E-state index in [2.05, 4.69) is 0 Å². The summed E-state index contributed by atoms with van der Waals surface area (Å²) in [5, 5.41) is 99.2. The molecule has 0 bridgehead atoms. The molecule has 0 aromatic carbocycles. The predicted molar refractivity (Wildman–Crippen MR) is 95.2 cm³/mol. The van der Waals surface area contributed by atoms with Crippen molar-refractivity contribution in [2.75, 3.05) is 19.8 Å². The SMILES string of the molecule is OC[C@H]1O[C@H](O[C@@H]2[C@H](O)[C@@H](O)[C@H](O[C@H]3[C@H](O)[C@H](O)OC[C@H]3O)O[C@@H]2CO)[C@H](O)[C@@H](O)[C@H]1O. The molecule has 3 aliphatic rings. The Morgan fingerprint density at radius 3 is 1.72 bits per heavy atom. The van der Waals surface area contributed by atoms with Crippen LogP contribution in [0, 0.1) is 0 Å². The molecule has 0 amide bonds. The Labute approximate surface area is 181 Å². The second-order valence-corrected chi connectivity index (χ2v) is 7.89. The van der Waals surface area contributed by atoms with Gasteiger partial charge >= 0.3 is 0 Å². The predicted octanol–water partition coefficient (Wildman–Crippen LogP) is -6.93. The lowest BCUT2D eigenvalue weighted by atomic mass is 9.96. The van der Waals surface area contributed by atoms with Crippen LogP contribution in [0.5, 0.6) is 0 Å². The van der Waals surface area contributed by atoms with Gasteiger partial charge in [0.15, 0.2) is 18.9 Å². The number of ether oxygens (including phenoxy) is 5. The zero-order chi connectivity index (χ0) is 23.7. The molecule has 0 aliphatic carbocycles. The summed E-state index contributed by atoms with van der Waals surface area (Å²) in [5.74, 6) is 0. The molecule has 15 nitrogen and oxygen atoms in total. The molecule has 3 heterocycles. The molecule has 3 aliphatic heterocycles. The monoisotopic (exact) mass is 474 g/mol. The summed E-state index contributed by atoms with van der Waals surface area (Å²) in [4.78, 5) is 0. The van der Waals surface area contributed by atoms with E-state index in [1.165, 1.54) is 0 Å². The fraction of sp³-hybridized carbons (Fsp3) is 1.00. The van der Waals surface area contributed by atoms with Crippen molar-refractivity contribution in [2.45, 2.75) is 86.0 Å². The smallest absolute Gasteiger partial charge is 0.187 e. The van der Waals surface area contributed by atoms with Crippen LogP contribution in [-0.4, -0.2) is 157 Å². The third kappa shape index (κ3) is 5.07. The molecule has 3 fully saturated rings. The molecule has 0 spiro atoms. The topological polar surface area (TPSA) is 248 Å². The van der Waals surface area contributed by atoms with Gasteiger partial charge in [0.1, 0.15) is 67.1 Å². The van der Waals surface area contributed by atoms with Crippen LogP contribution in [0.4, 0.5) is 0 Å². The maximum atomic E-state index is 10.5. The summed E-state index contributed by atoms with van der Waals surface area (Å²) in [6.07, 6.45) is -22.7. The Bertz CT molecular complexity index is 592. The van der Waals surface area contributed by atoms with Crippen molar-refractivity contribution >= 4 is 0 Å². The van der Waals surface area contributed by atoms with Gasteiger partial charge in [-0.05, 0) is 0 Å². The van der Waals surface area contributed by atoms with Crippen LogP contribution in [0.3, 0.4) is 0 Å². The van der Waals surface area contributed by atoms with Gasteiger partial charge in [-0.2, -0.15) is 0 Å². The average Bonchev–Trinajstić information content (AvgIpc) is 2.78. The highest BCUT2D eigenvalue weighted by atomic mass is 16.7. The van der Waals surface area contributed by atoms with Gasteiger partial charge < -0.3 is 74.7 Å². The van der Waals surface area contributed by atoms with Gasteiger partial charge in [0.2, 0.25) is 0 Å². The third-order valence-electron chi connectivity index (χ3n) is 5.70. The molecule has 188 valence electrons. The van der Waals surface area contributed by atoms with Crippen LogP contribution in [0.15, 0.2) is 0 Å². The Kier molecular flexibility index (Phi) is 8.75. The highest BCUT2D eigenvalue weighted by Crippen LogP contribution is 2.31. The summed E-state index contributed by atoms with van der Waals surface area (Å²) >= 11 is 0. The zero-order valence-electron chi connectivity index (χ0n) is 16.7. The van der Waals surface area contributed by atoms with E-state index in [0.717, 1.165) is 0 Å². The van der Waals surface area contributed by atoms with Crippen molar-refractivity contribution in [3.8, 4) is 0 Å². The van der Waals surface area contributed by atoms with E-state index in [9.17, 15) is 51.1 Å². The zero-order valence-corrected chi connectivity index (χ0v) is 16.7. The van der Waals surface area contributed by atoms with Gasteiger partial charge in [0.05, 0.1) is 19.8 Å². The van der Waals surface area contributed by atoms with E-state index >= 15 is 0 Å². The lowest BCUT2D eigenvalue weighted by Gasteiger charge is -2.47. The normalized spacial score (nSPS) is 52.7. The lowest BCUT2D eigenvalue weighted by molar-refractivity contribution is -0.373. The van der Waals surface area contributed by atoms with E-state index in [0.29, 0.717) is 0 Å². The summed E-state index contributed by atoms with van der Waals surface area (Å²) in [5.41, 5.74) is 0. The molecule has 32 heavy (non-hydrogen) atoms. The number of rotatable bonds is 6. The number of aliphatic hydroxyl groups excluding tert-OH is 10. The van der Waals surface area contributed by atoms with Gasteiger partial charge in [-0.1, -0.05) is 0 Å². The lowest BCUT2D eigenvalue weighted by Crippen LogP contribution is -2.66. The summed E-state index contributed by atoms with van der Waals surface area (Å²) in [6.45, 7) is -1.90.